The van der Waals surface area contributed by atoms with E-state index in [1.54, 1.807) is 11.1 Å². The predicted molar refractivity (Wildman–Crippen MR) is 113 cm³/mol. The molecule has 0 unspecified atom stereocenters. The van der Waals surface area contributed by atoms with E-state index in [9.17, 15) is 0 Å². The Hall–Kier alpha value is -1.09. The predicted octanol–water partition coefficient (Wildman–Crippen LogP) is 7.92. The number of fused-ring (bicyclic) bond motifs is 1. The van der Waals surface area contributed by atoms with E-state index in [4.69, 9.17) is 0 Å². The Labute approximate surface area is 154 Å². The molecule has 2 rings (SSSR count). The molecule has 0 aromatic heterocycles. The van der Waals surface area contributed by atoms with Crippen LogP contribution >= 0.6 is 22.6 Å². The summed E-state index contributed by atoms with van der Waals surface area (Å²) in [5, 5.41) is 2.71. The summed E-state index contributed by atoms with van der Waals surface area (Å²) in [6.45, 7) is 9.13. The highest BCUT2D eigenvalue weighted by molar-refractivity contribution is 14.1. The molecule has 0 spiro atoms. The van der Waals surface area contributed by atoms with Gasteiger partial charge < -0.3 is 0 Å². The molecule has 1 heteroatoms. The molecule has 23 heavy (non-hydrogen) atoms. The van der Waals surface area contributed by atoms with Crippen LogP contribution in [0.15, 0.2) is 57.2 Å². The van der Waals surface area contributed by atoms with Crippen molar-refractivity contribution in [1.82, 2.24) is 0 Å². The molecular weight excluding hydrogens is 391 g/mol. The Morgan fingerprint density at radius 3 is 2.00 bits per heavy atom. The Bertz CT molecular complexity index is 729. The lowest BCUT2D eigenvalue weighted by molar-refractivity contribution is 0.991. The normalized spacial score (nSPS) is 13.8. The quantitative estimate of drug-likeness (QED) is 0.330. The van der Waals surface area contributed by atoms with Crippen molar-refractivity contribution in [2.75, 3.05) is 0 Å². The maximum Gasteiger partial charge on any atom is -0.00620 e. The average Bonchev–Trinajstić information content (AvgIpc) is 2.61. The maximum atomic E-state index is 2.54. The lowest BCUT2D eigenvalue weighted by Crippen LogP contribution is -1.97. The first-order valence-corrected chi connectivity index (χ1v) is 9.83. The maximum absolute atomic E-state index is 2.54. The Balaban J connectivity index is 2.77. The largest absolute Gasteiger partial charge is 0.0616 e. The average molecular weight is 418 g/mol. The van der Waals surface area contributed by atoms with Gasteiger partial charge >= 0.3 is 0 Å². The summed E-state index contributed by atoms with van der Waals surface area (Å²) in [4.78, 5) is 0. The van der Waals surface area contributed by atoms with Gasteiger partial charge in [0, 0.05) is 0 Å². The molecule has 122 valence electrons. The minimum Gasteiger partial charge on any atom is -0.0616 e. The summed E-state index contributed by atoms with van der Waals surface area (Å²) < 4.78 is 1.51. The summed E-state index contributed by atoms with van der Waals surface area (Å²) in [7, 11) is 0. The fourth-order valence-corrected chi connectivity index (χ4v) is 4.15. The van der Waals surface area contributed by atoms with Crippen LogP contribution in [-0.2, 0) is 0 Å². The lowest BCUT2D eigenvalue weighted by Gasteiger charge is -2.19. The van der Waals surface area contributed by atoms with Crippen LogP contribution in [0, 0.1) is 0 Å². The molecule has 0 heterocycles. The van der Waals surface area contributed by atoms with Crippen molar-refractivity contribution in [2.45, 2.75) is 53.4 Å². The van der Waals surface area contributed by atoms with Gasteiger partial charge in [-0.15, -0.1) is 0 Å². The van der Waals surface area contributed by atoms with Crippen molar-refractivity contribution in [3.8, 4) is 0 Å². The summed E-state index contributed by atoms with van der Waals surface area (Å²) in [6, 6.07) is 15.4. The lowest BCUT2D eigenvalue weighted by atomic mass is 9.87. The van der Waals surface area contributed by atoms with E-state index in [1.807, 2.05) is 0 Å². The van der Waals surface area contributed by atoms with Crippen molar-refractivity contribution in [3.05, 3.63) is 62.8 Å². The third kappa shape index (κ3) is 3.88. The molecule has 0 radical (unpaired) electrons. The Morgan fingerprint density at radius 1 is 0.739 bits per heavy atom. The van der Waals surface area contributed by atoms with Gasteiger partial charge in [0.15, 0.2) is 0 Å². The van der Waals surface area contributed by atoms with Crippen molar-refractivity contribution in [3.63, 3.8) is 0 Å². The van der Waals surface area contributed by atoms with Crippen molar-refractivity contribution in [1.29, 1.82) is 0 Å². The third-order valence-electron chi connectivity index (χ3n) is 4.54. The zero-order chi connectivity index (χ0) is 16.8. The fraction of sp³-hybridized carbons (Fsp3) is 0.364. The van der Waals surface area contributed by atoms with E-state index in [0.717, 1.165) is 25.7 Å². The van der Waals surface area contributed by atoms with Gasteiger partial charge in [-0.2, -0.15) is 0 Å². The molecule has 0 nitrogen and oxygen atoms in total. The summed E-state index contributed by atoms with van der Waals surface area (Å²) in [6.07, 6.45) is 4.42. The van der Waals surface area contributed by atoms with Crippen LogP contribution in [0.5, 0.6) is 0 Å². The molecule has 0 fully saturated rings. The van der Waals surface area contributed by atoms with E-state index in [0.29, 0.717) is 0 Å². The first kappa shape index (κ1) is 18.3. The van der Waals surface area contributed by atoms with Gasteiger partial charge in [-0.1, -0.05) is 70.2 Å². The van der Waals surface area contributed by atoms with Crippen molar-refractivity contribution < 1.29 is 0 Å². The van der Waals surface area contributed by atoms with Gasteiger partial charge in [0.05, 0.1) is 0 Å². The van der Waals surface area contributed by atoms with Gasteiger partial charge in [0.1, 0.15) is 0 Å². The van der Waals surface area contributed by atoms with Crippen LogP contribution in [0.1, 0.15) is 58.9 Å². The van der Waals surface area contributed by atoms with Gasteiger partial charge in [0.25, 0.3) is 0 Å². The second-order valence-corrected chi connectivity index (χ2v) is 7.08. The molecular formula is C22H27I. The minimum absolute atomic E-state index is 1.08. The summed E-state index contributed by atoms with van der Waals surface area (Å²) >= 11 is 2.54. The smallest absolute Gasteiger partial charge is 0.00620 e. The van der Waals surface area contributed by atoms with Gasteiger partial charge in [-0.25, -0.2) is 0 Å². The molecule has 0 saturated carbocycles. The zero-order valence-corrected chi connectivity index (χ0v) is 16.9. The van der Waals surface area contributed by atoms with Crippen molar-refractivity contribution in [2.24, 2.45) is 0 Å². The minimum atomic E-state index is 1.08. The number of benzene rings is 2. The molecule has 0 N–H and O–H groups in total. The molecule has 0 atom stereocenters. The van der Waals surface area contributed by atoms with Crippen LogP contribution < -0.4 is 0 Å². The van der Waals surface area contributed by atoms with E-state index < -0.39 is 0 Å². The van der Waals surface area contributed by atoms with E-state index in [-0.39, 0.29) is 0 Å². The molecule has 0 aliphatic carbocycles. The molecule has 0 aliphatic rings. The Kier molecular flexibility index (Phi) is 6.88. The topological polar surface area (TPSA) is 0 Å². The first-order valence-electron chi connectivity index (χ1n) is 8.75. The Morgan fingerprint density at radius 2 is 1.39 bits per heavy atom. The SMILES string of the molecule is CC/C(I)=C(CC)/C(CC)=C(/CC)c1cccc2ccccc12. The summed E-state index contributed by atoms with van der Waals surface area (Å²) in [5.74, 6) is 0. The van der Waals surface area contributed by atoms with Crippen LogP contribution in [0.4, 0.5) is 0 Å². The highest BCUT2D eigenvalue weighted by Gasteiger charge is 2.14. The van der Waals surface area contributed by atoms with Crippen LogP contribution in [0.2, 0.25) is 0 Å². The molecule has 2 aromatic rings. The molecule has 2 aromatic carbocycles. The number of hydrogen-bond donors (Lipinski definition) is 0. The second-order valence-electron chi connectivity index (χ2n) is 5.78. The number of rotatable bonds is 6. The summed E-state index contributed by atoms with van der Waals surface area (Å²) in [5.41, 5.74) is 6.04. The number of halogens is 1. The van der Waals surface area contributed by atoms with E-state index in [1.165, 1.54) is 25.5 Å². The molecule has 0 aliphatic heterocycles. The number of hydrogen-bond acceptors (Lipinski definition) is 0. The number of allylic oxidation sites excluding steroid dienone is 4. The van der Waals surface area contributed by atoms with Crippen LogP contribution in [0.3, 0.4) is 0 Å². The van der Waals surface area contributed by atoms with Gasteiger partial charge in [0.2, 0.25) is 0 Å². The molecule has 0 bridgehead atoms. The first-order chi connectivity index (χ1) is 11.2. The van der Waals surface area contributed by atoms with Crippen molar-refractivity contribution >= 4 is 38.9 Å². The molecule has 0 saturated heterocycles. The second kappa shape index (κ2) is 8.68. The zero-order valence-electron chi connectivity index (χ0n) is 14.7. The van der Waals surface area contributed by atoms with Gasteiger partial charge in [-0.05, 0) is 84.9 Å². The molecule has 0 amide bonds. The van der Waals surface area contributed by atoms with E-state index in [2.05, 4.69) is 92.8 Å². The fourth-order valence-electron chi connectivity index (χ4n) is 3.45. The third-order valence-corrected chi connectivity index (χ3v) is 5.96. The van der Waals surface area contributed by atoms with Gasteiger partial charge in [-0.3, -0.25) is 0 Å². The standard InChI is InChI=1S/C22H27I/c1-5-17(19(7-3)22(23)8-4)18(6-2)21-15-11-13-16-12-9-10-14-20(16)21/h9-15H,5-8H2,1-4H3/b18-17-,22-19-. The highest BCUT2D eigenvalue weighted by atomic mass is 127. The monoisotopic (exact) mass is 418 g/mol. The van der Waals surface area contributed by atoms with Crippen LogP contribution in [-0.4, -0.2) is 0 Å². The highest BCUT2D eigenvalue weighted by Crippen LogP contribution is 2.37. The van der Waals surface area contributed by atoms with Crippen LogP contribution in [0.25, 0.3) is 16.3 Å². The van der Waals surface area contributed by atoms with E-state index >= 15 is 0 Å².